The lowest BCUT2D eigenvalue weighted by molar-refractivity contribution is -0.134. The van der Waals surface area contributed by atoms with Crippen LogP contribution in [0, 0.1) is 32.1 Å². The van der Waals surface area contributed by atoms with Crippen LogP contribution in [0.25, 0.3) is 0 Å². The van der Waals surface area contributed by atoms with Gasteiger partial charge in [-0.05, 0) is 38.5 Å². The van der Waals surface area contributed by atoms with Crippen LogP contribution in [0.5, 0.6) is 0 Å². The molecule has 0 fully saturated rings. The van der Waals surface area contributed by atoms with Crippen LogP contribution < -0.4 is 10.9 Å². The summed E-state index contributed by atoms with van der Waals surface area (Å²) in [5.74, 6) is -0.816. The summed E-state index contributed by atoms with van der Waals surface area (Å²) in [7, 11) is 1.47. The van der Waals surface area contributed by atoms with Gasteiger partial charge in [-0.1, -0.05) is 17.7 Å². The molecule has 0 aliphatic rings. The fourth-order valence-electron chi connectivity index (χ4n) is 2.40. The van der Waals surface area contributed by atoms with Crippen LogP contribution in [0.1, 0.15) is 22.4 Å². The summed E-state index contributed by atoms with van der Waals surface area (Å²) < 4.78 is 0.956. The number of aryl methyl sites for hydroxylation is 2. The number of carbonyl (C=O) groups is 2. The second-order valence-electron chi connectivity index (χ2n) is 6.32. The summed E-state index contributed by atoms with van der Waals surface area (Å²) in [6.07, 6.45) is 0. The van der Waals surface area contributed by atoms with Crippen LogP contribution in [0.4, 0.5) is 5.69 Å². The van der Waals surface area contributed by atoms with Crippen molar-refractivity contribution in [1.82, 2.24) is 14.7 Å². The lowest BCUT2D eigenvalue weighted by Gasteiger charge is -2.17. The number of carbonyl (C=O) groups excluding carboxylic acids is 2. The third-order valence-corrected chi connectivity index (χ3v) is 4.18. The number of nitrogens with one attached hydrogen (secondary N) is 1. The monoisotopic (exact) mass is 367 g/mol. The standard InChI is InChI=1S/C19H21N5O3/c1-12-5-7-15(8-6-12)21-17(25)10-23(4)18(26)11-24-19(27)16(9-20)13(2)14(3)22-24/h5-8H,10-11H2,1-4H3,(H,21,25). The molecule has 0 aliphatic heterocycles. The minimum atomic E-state index is -0.619. The maximum atomic E-state index is 12.4. The Labute approximate surface area is 157 Å². The molecule has 0 spiro atoms. The summed E-state index contributed by atoms with van der Waals surface area (Å²) in [5, 5.41) is 15.9. The van der Waals surface area contributed by atoms with E-state index in [1.807, 2.05) is 25.1 Å². The summed E-state index contributed by atoms with van der Waals surface area (Å²) in [5.41, 5.74) is 2.05. The van der Waals surface area contributed by atoms with Gasteiger partial charge >= 0.3 is 0 Å². The number of nitrogens with zero attached hydrogens (tertiary/aromatic N) is 4. The smallest absolute Gasteiger partial charge is 0.285 e. The minimum Gasteiger partial charge on any atom is -0.335 e. The lowest BCUT2D eigenvalue weighted by atomic mass is 10.1. The fourth-order valence-corrected chi connectivity index (χ4v) is 2.40. The first-order valence-electron chi connectivity index (χ1n) is 8.31. The van der Waals surface area contributed by atoms with Crippen molar-refractivity contribution in [1.29, 1.82) is 5.26 Å². The molecular weight excluding hydrogens is 346 g/mol. The number of benzene rings is 1. The topological polar surface area (TPSA) is 108 Å². The third-order valence-electron chi connectivity index (χ3n) is 4.18. The number of likely N-dealkylation sites (N-methyl/N-ethyl adjacent to an activating group) is 1. The highest BCUT2D eigenvalue weighted by atomic mass is 16.2. The molecule has 140 valence electrons. The second-order valence-corrected chi connectivity index (χ2v) is 6.32. The van der Waals surface area contributed by atoms with Crippen molar-refractivity contribution in [2.75, 3.05) is 18.9 Å². The predicted octanol–water partition coefficient (Wildman–Crippen LogP) is 1.14. The molecule has 2 amide bonds. The third kappa shape index (κ3) is 4.79. The van der Waals surface area contributed by atoms with Crippen molar-refractivity contribution in [3.05, 3.63) is 57.0 Å². The normalized spacial score (nSPS) is 10.2. The Kier molecular flexibility index (Phi) is 6.08. The maximum Gasteiger partial charge on any atom is 0.285 e. The van der Waals surface area contributed by atoms with Gasteiger partial charge in [0.05, 0.1) is 12.2 Å². The number of aromatic nitrogens is 2. The number of amides is 2. The molecule has 1 heterocycles. The highest BCUT2D eigenvalue weighted by molar-refractivity contribution is 5.94. The van der Waals surface area contributed by atoms with Crippen molar-refractivity contribution in [2.24, 2.45) is 0 Å². The van der Waals surface area contributed by atoms with Crippen molar-refractivity contribution >= 4 is 17.5 Å². The van der Waals surface area contributed by atoms with Gasteiger partial charge in [-0.15, -0.1) is 0 Å². The Hall–Kier alpha value is -3.47. The summed E-state index contributed by atoms with van der Waals surface area (Å²) >= 11 is 0. The zero-order valence-electron chi connectivity index (χ0n) is 15.7. The van der Waals surface area contributed by atoms with Crippen molar-refractivity contribution in [2.45, 2.75) is 27.3 Å². The van der Waals surface area contributed by atoms with Crippen molar-refractivity contribution < 1.29 is 9.59 Å². The van der Waals surface area contributed by atoms with Crippen LogP contribution in [0.3, 0.4) is 0 Å². The molecule has 2 aromatic rings. The first kappa shape index (κ1) is 19.8. The molecule has 0 unspecified atom stereocenters. The predicted molar refractivity (Wildman–Crippen MR) is 100 cm³/mol. The molecule has 2 rings (SSSR count). The average Bonchev–Trinajstić information content (AvgIpc) is 2.62. The van der Waals surface area contributed by atoms with Gasteiger partial charge in [0, 0.05) is 12.7 Å². The second kappa shape index (κ2) is 8.27. The molecule has 8 nitrogen and oxygen atoms in total. The molecule has 0 saturated heterocycles. The van der Waals surface area contributed by atoms with Gasteiger partial charge in [0.2, 0.25) is 11.8 Å². The molecule has 0 saturated carbocycles. The molecule has 0 atom stereocenters. The minimum absolute atomic E-state index is 0.0323. The highest BCUT2D eigenvalue weighted by Crippen LogP contribution is 2.08. The maximum absolute atomic E-state index is 12.4. The molecular formula is C19H21N5O3. The SMILES string of the molecule is Cc1ccc(NC(=O)CN(C)C(=O)Cn2nc(C)c(C)c(C#N)c2=O)cc1. The molecule has 1 aromatic heterocycles. The molecule has 1 N–H and O–H groups in total. The molecule has 1 aromatic carbocycles. The van der Waals surface area contributed by atoms with Crippen LogP contribution in [0.2, 0.25) is 0 Å². The van der Waals surface area contributed by atoms with Gasteiger partial charge in [0.25, 0.3) is 5.56 Å². The largest absolute Gasteiger partial charge is 0.335 e. The molecule has 0 aliphatic carbocycles. The summed E-state index contributed by atoms with van der Waals surface area (Å²) in [6.45, 7) is 4.73. The van der Waals surface area contributed by atoms with Gasteiger partial charge in [-0.3, -0.25) is 14.4 Å². The van der Waals surface area contributed by atoms with E-state index in [1.165, 1.54) is 11.9 Å². The zero-order chi connectivity index (χ0) is 20.1. The molecule has 8 heteroatoms. The van der Waals surface area contributed by atoms with E-state index in [0.29, 0.717) is 16.9 Å². The van der Waals surface area contributed by atoms with Gasteiger partial charge in [0.1, 0.15) is 18.2 Å². The number of rotatable bonds is 5. The van der Waals surface area contributed by atoms with Crippen LogP contribution >= 0.6 is 0 Å². The zero-order valence-corrected chi connectivity index (χ0v) is 15.7. The van der Waals surface area contributed by atoms with E-state index in [0.717, 1.165) is 10.2 Å². The van der Waals surface area contributed by atoms with E-state index in [9.17, 15) is 14.4 Å². The van der Waals surface area contributed by atoms with E-state index in [2.05, 4.69) is 10.4 Å². The molecule has 0 radical (unpaired) electrons. The van der Waals surface area contributed by atoms with Gasteiger partial charge < -0.3 is 10.2 Å². The number of nitriles is 1. The van der Waals surface area contributed by atoms with E-state index < -0.39 is 11.5 Å². The van der Waals surface area contributed by atoms with Crippen LogP contribution in [-0.2, 0) is 16.1 Å². The van der Waals surface area contributed by atoms with Gasteiger partial charge in [-0.2, -0.15) is 10.4 Å². The van der Waals surface area contributed by atoms with Crippen LogP contribution in [-0.4, -0.2) is 40.1 Å². The van der Waals surface area contributed by atoms with E-state index >= 15 is 0 Å². The Morgan fingerprint density at radius 2 is 1.85 bits per heavy atom. The molecule has 27 heavy (non-hydrogen) atoms. The first-order valence-corrected chi connectivity index (χ1v) is 8.31. The number of anilines is 1. The Morgan fingerprint density at radius 1 is 1.22 bits per heavy atom. The number of hydrogen-bond donors (Lipinski definition) is 1. The van der Waals surface area contributed by atoms with Crippen molar-refractivity contribution in [3.63, 3.8) is 0 Å². The Morgan fingerprint density at radius 3 is 2.44 bits per heavy atom. The molecule has 0 bridgehead atoms. The number of hydrogen-bond acceptors (Lipinski definition) is 5. The van der Waals surface area contributed by atoms with Gasteiger partial charge in [0.15, 0.2) is 0 Å². The van der Waals surface area contributed by atoms with Crippen LogP contribution in [0.15, 0.2) is 29.1 Å². The Balaban J connectivity index is 2.05. The average molecular weight is 367 g/mol. The van der Waals surface area contributed by atoms with E-state index in [1.54, 1.807) is 26.0 Å². The first-order chi connectivity index (χ1) is 12.7. The van der Waals surface area contributed by atoms with Gasteiger partial charge in [-0.25, -0.2) is 4.68 Å². The highest BCUT2D eigenvalue weighted by Gasteiger charge is 2.17. The Bertz CT molecular complexity index is 971. The quantitative estimate of drug-likeness (QED) is 0.852. The van der Waals surface area contributed by atoms with E-state index in [-0.39, 0.29) is 24.6 Å². The van der Waals surface area contributed by atoms with E-state index in [4.69, 9.17) is 5.26 Å². The lowest BCUT2D eigenvalue weighted by Crippen LogP contribution is -2.40. The summed E-state index contributed by atoms with van der Waals surface area (Å²) in [6, 6.07) is 9.14. The fraction of sp³-hybridized carbons (Fsp3) is 0.316. The summed E-state index contributed by atoms with van der Waals surface area (Å²) in [4.78, 5) is 37.9. The van der Waals surface area contributed by atoms with Crippen molar-refractivity contribution in [3.8, 4) is 6.07 Å².